The number of hydrogen-bond acceptors (Lipinski definition) is 5. The fourth-order valence-corrected chi connectivity index (χ4v) is 4.79. The van der Waals surface area contributed by atoms with Crippen LogP contribution in [0, 0.1) is 5.41 Å². The molecule has 2 rings (SSSR count). The summed E-state index contributed by atoms with van der Waals surface area (Å²) in [6.07, 6.45) is 1.69. The number of benzene rings is 1. The summed E-state index contributed by atoms with van der Waals surface area (Å²) in [5, 5.41) is 0. The first kappa shape index (κ1) is 17.4. The molecule has 8 heteroatoms. The summed E-state index contributed by atoms with van der Waals surface area (Å²) in [6.45, 7) is 4.63. The van der Waals surface area contributed by atoms with E-state index in [2.05, 4.69) is 0 Å². The summed E-state index contributed by atoms with van der Waals surface area (Å²) < 4.78 is 49.7. The van der Waals surface area contributed by atoms with E-state index in [9.17, 15) is 16.8 Å². The van der Waals surface area contributed by atoms with Gasteiger partial charge < -0.3 is 5.73 Å². The number of nitrogens with zero attached hydrogens (tertiary/aromatic N) is 1. The van der Waals surface area contributed by atoms with Crippen molar-refractivity contribution in [3.05, 3.63) is 24.3 Å². The molecule has 1 aromatic rings. The van der Waals surface area contributed by atoms with Gasteiger partial charge in [0, 0.05) is 25.4 Å². The van der Waals surface area contributed by atoms with Crippen molar-refractivity contribution in [2.75, 3.05) is 19.3 Å². The van der Waals surface area contributed by atoms with Crippen LogP contribution in [0.1, 0.15) is 20.3 Å². The smallest absolute Gasteiger partial charge is 0.243 e. The number of nitrogens with two attached hydrogens (primary N) is 1. The molecule has 1 atom stereocenters. The van der Waals surface area contributed by atoms with Crippen molar-refractivity contribution in [1.29, 1.82) is 0 Å². The minimum absolute atomic E-state index is 0.0356. The summed E-state index contributed by atoms with van der Waals surface area (Å²) in [5.41, 5.74) is 5.74. The van der Waals surface area contributed by atoms with E-state index in [-0.39, 0.29) is 21.2 Å². The van der Waals surface area contributed by atoms with E-state index < -0.39 is 19.9 Å². The number of rotatable bonds is 3. The summed E-state index contributed by atoms with van der Waals surface area (Å²) >= 11 is 0. The summed E-state index contributed by atoms with van der Waals surface area (Å²) in [7, 11) is -6.98. The van der Waals surface area contributed by atoms with Crippen LogP contribution >= 0.6 is 0 Å². The molecule has 0 spiro atoms. The van der Waals surface area contributed by atoms with E-state index >= 15 is 0 Å². The van der Waals surface area contributed by atoms with E-state index in [0.717, 1.165) is 6.26 Å². The van der Waals surface area contributed by atoms with Crippen molar-refractivity contribution in [2.45, 2.75) is 36.1 Å². The van der Waals surface area contributed by atoms with Gasteiger partial charge in [-0.2, -0.15) is 4.31 Å². The van der Waals surface area contributed by atoms with Gasteiger partial charge in [-0.1, -0.05) is 13.8 Å². The molecule has 22 heavy (non-hydrogen) atoms. The van der Waals surface area contributed by atoms with Crippen molar-refractivity contribution in [3.8, 4) is 0 Å². The third kappa shape index (κ3) is 3.34. The van der Waals surface area contributed by atoms with Crippen LogP contribution in [0.15, 0.2) is 34.1 Å². The lowest BCUT2D eigenvalue weighted by Gasteiger charge is -2.41. The van der Waals surface area contributed by atoms with Gasteiger partial charge in [0.25, 0.3) is 0 Å². The molecular formula is C14H22N2O4S2. The lowest BCUT2D eigenvalue weighted by molar-refractivity contribution is 0.155. The molecule has 1 saturated heterocycles. The number of sulfonamides is 1. The van der Waals surface area contributed by atoms with Crippen molar-refractivity contribution < 1.29 is 16.8 Å². The van der Waals surface area contributed by atoms with E-state index in [1.165, 1.54) is 28.6 Å². The van der Waals surface area contributed by atoms with Gasteiger partial charge >= 0.3 is 0 Å². The second-order valence-corrected chi connectivity index (χ2v) is 10.4. The molecule has 1 fully saturated rings. The molecule has 124 valence electrons. The van der Waals surface area contributed by atoms with E-state index in [1.54, 1.807) is 0 Å². The van der Waals surface area contributed by atoms with Gasteiger partial charge in [-0.05, 0) is 36.1 Å². The van der Waals surface area contributed by atoms with Crippen LogP contribution in [0.5, 0.6) is 0 Å². The Bertz CT molecular complexity index is 753. The largest absolute Gasteiger partial charge is 0.327 e. The molecule has 0 radical (unpaired) electrons. The molecule has 0 amide bonds. The zero-order valence-electron chi connectivity index (χ0n) is 13.0. The standard InChI is InChI=1S/C14H22N2O4S2/c1-14(2)10-16(9-8-13(14)15)22(19,20)12-6-4-11(5-7-12)21(3,17)18/h4-7,13H,8-10,15H2,1-3H3. The molecule has 1 aliphatic rings. The highest BCUT2D eigenvalue weighted by Crippen LogP contribution is 2.31. The van der Waals surface area contributed by atoms with Crippen molar-refractivity contribution in [3.63, 3.8) is 0 Å². The second kappa shape index (κ2) is 5.59. The van der Waals surface area contributed by atoms with Gasteiger partial charge in [-0.15, -0.1) is 0 Å². The average Bonchev–Trinajstić information content (AvgIpc) is 2.41. The molecule has 1 aromatic carbocycles. The second-order valence-electron chi connectivity index (χ2n) is 6.47. The Hall–Kier alpha value is -0.960. The summed E-state index contributed by atoms with van der Waals surface area (Å²) in [5.74, 6) is 0. The van der Waals surface area contributed by atoms with E-state index in [0.29, 0.717) is 19.5 Å². The van der Waals surface area contributed by atoms with Crippen LogP contribution < -0.4 is 5.73 Å². The minimum atomic E-state index is -3.64. The lowest BCUT2D eigenvalue weighted by atomic mass is 9.81. The summed E-state index contributed by atoms with van der Waals surface area (Å²) in [4.78, 5) is 0.207. The monoisotopic (exact) mass is 346 g/mol. The molecule has 6 nitrogen and oxygen atoms in total. The Morgan fingerprint density at radius 2 is 1.59 bits per heavy atom. The number of hydrogen-bond donors (Lipinski definition) is 1. The van der Waals surface area contributed by atoms with Crippen LogP contribution in [0.4, 0.5) is 0 Å². The number of piperidine rings is 1. The molecule has 1 aliphatic heterocycles. The Morgan fingerprint density at radius 1 is 1.09 bits per heavy atom. The Balaban J connectivity index is 2.31. The van der Waals surface area contributed by atoms with Gasteiger partial charge in [-0.25, -0.2) is 16.8 Å². The van der Waals surface area contributed by atoms with Crippen molar-refractivity contribution in [2.24, 2.45) is 11.1 Å². The first-order valence-corrected chi connectivity index (χ1v) is 10.3. The quantitative estimate of drug-likeness (QED) is 0.874. The van der Waals surface area contributed by atoms with Gasteiger partial charge in [0.2, 0.25) is 10.0 Å². The SMILES string of the molecule is CC1(C)CN(S(=O)(=O)c2ccc(S(C)(=O)=O)cc2)CCC1N. The third-order valence-electron chi connectivity index (χ3n) is 4.17. The van der Waals surface area contributed by atoms with Crippen LogP contribution in [-0.2, 0) is 19.9 Å². The number of sulfone groups is 1. The highest BCUT2D eigenvalue weighted by molar-refractivity contribution is 7.90. The van der Waals surface area contributed by atoms with Crippen molar-refractivity contribution in [1.82, 2.24) is 4.31 Å². The molecule has 2 N–H and O–H groups in total. The van der Waals surface area contributed by atoms with E-state index in [4.69, 9.17) is 5.73 Å². The fourth-order valence-electron chi connectivity index (χ4n) is 2.54. The third-order valence-corrected chi connectivity index (χ3v) is 7.15. The van der Waals surface area contributed by atoms with Gasteiger partial charge in [-0.3, -0.25) is 0 Å². The Kier molecular flexibility index (Phi) is 4.42. The molecular weight excluding hydrogens is 324 g/mol. The highest BCUT2D eigenvalue weighted by atomic mass is 32.2. The molecule has 1 heterocycles. The van der Waals surface area contributed by atoms with E-state index in [1.807, 2.05) is 13.8 Å². The van der Waals surface area contributed by atoms with Gasteiger partial charge in [0.05, 0.1) is 9.79 Å². The predicted molar refractivity (Wildman–Crippen MR) is 84.7 cm³/mol. The lowest BCUT2D eigenvalue weighted by Crippen LogP contribution is -2.53. The normalized spacial score (nSPS) is 23.4. The Morgan fingerprint density at radius 3 is 2.05 bits per heavy atom. The van der Waals surface area contributed by atoms with Crippen LogP contribution in [0.25, 0.3) is 0 Å². The average molecular weight is 346 g/mol. The first-order valence-electron chi connectivity index (χ1n) is 7.00. The molecule has 0 saturated carbocycles. The van der Waals surface area contributed by atoms with Gasteiger partial charge in [0.1, 0.15) is 0 Å². The minimum Gasteiger partial charge on any atom is -0.327 e. The van der Waals surface area contributed by atoms with Crippen molar-refractivity contribution >= 4 is 19.9 Å². The summed E-state index contributed by atoms with van der Waals surface area (Å²) in [6, 6.07) is 5.29. The highest BCUT2D eigenvalue weighted by Gasteiger charge is 2.38. The van der Waals surface area contributed by atoms with Crippen LogP contribution in [0.2, 0.25) is 0 Å². The molecule has 0 aromatic heterocycles. The molecule has 0 aliphatic carbocycles. The maximum atomic E-state index is 12.7. The zero-order chi connectivity index (χ0) is 16.8. The molecule has 0 bridgehead atoms. The Labute approximate surface area is 132 Å². The zero-order valence-corrected chi connectivity index (χ0v) is 14.6. The maximum Gasteiger partial charge on any atom is 0.243 e. The fraction of sp³-hybridized carbons (Fsp3) is 0.571. The molecule has 1 unspecified atom stereocenters. The van der Waals surface area contributed by atoms with Crippen LogP contribution in [-0.4, -0.2) is 46.5 Å². The maximum absolute atomic E-state index is 12.7. The first-order chi connectivity index (χ1) is 9.94. The topological polar surface area (TPSA) is 97.5 Å². The predicted octanol–water partition coefficient (Wildman–Crippen LogP) is 0.838. The van der Waals surface area contributed by atoms with Crippen LogP contribution in [0.3, 0.4) is 0 Å². The van der Waals surface area contributed by atoms with Gasteiger partial charge in [0.15, 0.2) is 9.84 Å².